The summed E-state index contributed by atoms with van der Waals surface area (Å²) in [4.78, 5) is 16.5. The zero-order valence-corrected chi connectivity index (χ0v) is 14.3. The van der Waals surface area contributed by atoms with Crippen LogP contribution in [0.2, 0.25) is 0 Å². The number of esters is 1. The van der Waals surface area contributed by atoms with Gasteiger partial charge in [0.15, 0.2) is 0 Å². The minimum absolute atomic E-state index is 0.135. The summed E-state index contributed by atoms with van der Waals surface area (Å²) in [7, 11) is 0. The van der Waals surface area contributed by atoms with Crippen LogP contribution in [0, 0.1) is 0 Å². The van der Waals surface area contributed by atoms with E-state index in [1.165, 1.54) is 25.1 Å². The van der Waals surface area contributed by atoms with Crippen LogP contribution in [0.15, 0.2) is 62.0 Å². The summed E-state index contributed by atoms with van der Waals surface area (Å²) in [5, 5.41) is 0. The Balaban J connectivity index is 1.76. The number of benzene rings is 2. The van der Waals surface area contributed by atoms with Crippen LogP contribution in [0.5, 0.6) is 0 Å². The molecule has 114 valence electrons. The molecule has 0 fully saturated rings. The van der Waals surface area contributed by atoms with E-state index in [1.54, 1.807) is 0 Å². The summed E-state index contributed by atoms with van der Waals surface area (Å²) in [6.45, 7) is 4.36. The Hall–Kier alpha value is -1.39. The maximum absolute atomic E-state index is 11.3. The van der Waals surface area contributed by atoms with Crippen molar-refractivity contribution in [3.05, 3.63) is 48.0 Å². The fourth-order valence-electron chi connectivity index (χ4n) is 2.27. The number of hydrogen-bond donors (Lipinski definition) is 0. The Bertz CT molecular complexity index is 697. The van der Waals surface area contributed by atoms with Crippen LogP contribution in [0.4, 0.5) is 0 Å². The van der Waals surface area contributed by atoms with E-state index in [0.29, 0.717) is 13.0 Å². The maximum atomic E-state index is 11.3. The van der Waals surface area contributed by atoms with Crippen molar-refractivity contribution in [2.75, 3.05) is 6.61 Å². The Morgan fingerprint density at radius 2 is 1.68 bits per heavy atom. The highest BCUT2D eigenvalue weighted by molar-refractivity contribution is 8.05. The molecule has 2 nitrogen and oxygen atoms in total. The van der Waals surface area contributed by atoms with Crippen LogP contribution >= 0.6 is 23.5 Å². The van der Waals surface area contributed by atoms with Gasteiger partial charge in [-0.15, -0.1) is 0 Å². The van der Waals surface area contributed by atoms with Crippen molar-refractivity contribution in [1.29, 1.82) is 0 Å². The smallest absolute Gasteiger partial charge is 0.305 e. The summed E-state index contributed by atoms with van der Waals surface area (Å²) < 4.78 is 5.26. The third kappa shape index (κ3) is 3.33. The van der Waals surface area contributed by atoms with Crippen molar-refractivity contribution in [3.8, 4) is 0 Å². The highest BCUT2D eigenvalue weighted by Gasteiger charge is 2.18. The second kappa shape index (κ2) is 6.80. The average molecular weight is 330 g/mol. The topological polar surface area (TPSA) is 26.3 Å². The van der Waals surface area contributed by atoms with E-state index in [9.17, 15) is 4.79 Å². The third-order valence-corrected chi connectivity index (χ3v) is 6.15. The van der Waals surface area contributed by atoms with Gasteiger partial charge in [-0.1, -0.05) is 55.6 Å². The van der Waals surface area contributed by atoms with Crippen molar-refractivity contribution in [2.45, 2.75) is 45.8 Å². The molecule has 4 heteroatoms. The van der Waals surface area contributed by atoms with Crippen LogP contribution in [0.25, 0.3) is 0 Å². The van der Waals surface area contributed by atoms with Gasteiger partial charge < -0.3 is 4.74 Å². The minimum atomic E-state index is -0.135. The lowest BCUT2D eigenvalue weighted by atomic mass is 10.0. The molecule has 1 aliphatic heterocycles. The van der Waals surface area contributed by atoms with Crippen molar-refractivity contribution in [2.24, 2.45) is 0 Å². The standard InChI is InChI=1S/C18H18O2S2/c1-3-18(19)20-11-12(2)13-8-9-16-17(10-13)22-15-7-5-4-6-14(15)21-16/h4-10,12H,3,11H2,1-2H3. The number of carbonyl (C=O) groups excluding carboxylic acids is 1. The predicted octanol–water partition coefficient (Wildman–Crippen LogP) is 5.36. The van der Waals surface area contributed by atoms with Gasteiger partial charge in [-0.2, -0.15) is 0 Å². The predicted molar refractivity (Wildman–Crippen MR) is 90.8 cm³/mol. The first-order valence-corrected chi connectivity index (χ1v) is 9.05. The summed E-state index contributed by atoms with van der Waals surface area (Å²) in [5.41, 5.74) is 1.22. The molecule has 0 N–H and O–H groups in total. The molecule has 2 aromatic rings. The third-order valence-electron chi connectivity index (χ3n) is 3.61. The molecule has 0 amide bonds. The normalized spacial score (nSPS) is 13.9. The van der Waals surface area contributed by atoms with Gasteiger partial charge in [0.05, 0.1) is 6.61 Å². The SMILES string of the molecule is CCC(=O)OCC(C)c1ccc2c(c1)Sc1ccccc1S2. The van der Waals surface area contributed by atoms with Crippen LogP contribution in [0.1, 0.15) is 31.7 Å². The molecule has 1 heterocycles. The maximum Gasteiger partial charge on any atom is 0.305 e. The molecular weight excluding hydrogens is 312 g/mol. The number of hydrogen-bond acceptors (Lipinski definition) is 4. The van der Waals surface area contributed by atoms with Crippen molar-refractivity contribution in [3.63, 3.8) is 0 Å². The lowest BCUT2D eigenvalue weighted by Gasteiger charge is -2.20. The Labute approximate surface area is 139 Å². The molecular formula is C18H18O2S2. The average Bonchev–Trinajstić information content (AvgIpc) is 2.56. The lowest BCUT2D eigenvalue weighted by molar-refractivity contribution is -0.143. The monoisotopic (exact) mass is 330 g/mol. The van der Waals surface area contributed by atoms with Gasteiger partial charge >= 0.3 is 5.97 Å². The van der Waals surface area contributed by atoms with Crippen molar-refractivity contribution < 1.29 is 9.53 Å². The van der Waals surface area contributed by atoms with E-state index in [1.807, 2.05) is 30.4 Å². The van der Waals surface area contributed by atoms with Gasteiger partial charge in [-0.3, -0.25) is 4.79 Å². The molecule has 2 aromatic carbocycles. The molecule has 0 saturated heterocycles. The van der Waals surface area contributed by atoms with Gasteiger partial charge in [0, 0.05) is 31.9 Å². The molecule has 1 atom stereocenters. The largest absolute Gasteiger partial charge is 0.465 e. The molecule has 1 unspecified atom stereocenters. The van der Waals surface area contributed by atoms with Crippen molar-refractivity contribution in [1.82, 2.24) is 0 Å². The van der Waals surface area contributed by atoms with E-state index >= 15 is 0 Å². The van der Waals surface area contributed by atoms with Crippen molar-refractivity contribution >= 4 is 29.5 Å². The van der Waals surface area contributed by atoms with Crippen LogP contribution in [-0.4, -0.2) is 12.6 Å². The summed E-state index contributed by atoms with van der Waals surface area (Å²) in [5.74, 6) is 0.0761. The van der Waals surface area contributed by atoms with Crippen LogP contribution in [-0.2, 0) is 9.53 Å². The van der Waals surface area contributed by atoms with E-state index in [0.717, 1.165) is 0 Å². The second-order valence-corrected chi connectivity index (χ2v) is 7.46. The minimum Gasteiger partial charge on any atom is -0.465 e. The summed E-state index contributed by atoms with van der Waals surface area (Å²) in [6, 6.07) is 15.0. The van der Waals surface area contributed by atoms with E-state index in [2.05, 4.69) is 49.4 Å². The van der Waals surface area contributed by atoms with Gasteiger partial charge in [-0.05, 0) is 29.8 Å². The van der Waals surface area contributed by atoms with Crippen LogP contribution < -0.4 is 0 Å². The summed E-state index contributed by atoms with van der Waals surface area (Å²) in [6.07, 6.45) is 0.431. The number of rotatable bonds is 4. The van der Waals surface area contributed by atoms with E-state index in [4.69, 9.17) is 4.74 Å². The highest BCUT2D eigenvalue weighted by Crippen LogP contribution is 2.48. The number of ether oxygens (including phenoxy) is 1. The molecule has 22 heavy (non-hydrogen) atoms. The molecule has 1 aliphatic rings. The van der Waals surface area contributed by atoms with Gasteiger partial charge in [0.25, 0.3) is 0 Å². The molecule has 0 aliphatic carbocycles. The Kier molecular flexibility index (Phi) is 4.79. The molecule has 0 radical (unpaired) electrons. The highest BCUT2D eigenvalue weighted by atomic mass is 32.2. The molecule has 0 bridgehead atoms. The van der Waals surface area contributed by atoms with Crippen LogP contribution in [0.3, 0.4) is 0 Å². The molecule has 0 aromatic heterocycles. The number of carbonyl (C=O) groups is 1. The first kappa shape index (κ1) is 15.5. The van der Waals surface area contributed by atoms with Gasteiger partial charge in [-0.25, -0.2) is 0 Å². The van der Waals surface area contributed by atoms with Gasteiger partial charge in [0.2, 0.25) is 0 Å². The molecule has 3 rings (SSSR count). The molecule has 0 saturated carbocycles. The lowest BCUT2D eigenvalue weighted by Crippen LogP contribution is -2.10. The fourth-order valence-corrected chi connectivity index (χ4v) is 4.53. The zero-order valence-electron chi connectivity index (χ0n) is 12.7. The zero-order chi connectivity index (χ0) is 15.5. The second-order valence-electron chi connectivity index (χ2n) is 5.29. The molecule has 0 spiro atoms. The van der Waals surface area contributed by atoms with E-state index in [-0.39, 0.29) is 11.9 Å². The Morgan fingerprint density at radius 1 is 1.05 bits per heavy atom. The first-order valence-electron chi connectivity index (χ1n) is 7.41. The Morgan fingerprint density at radius 3 is 2.36 bits per heavy atom. The van der Waals surface area contributed by atoms with Gasteiger partial charge in [0.1, 0.15) is 0 Å². The first-order chi connectivity index (χ1) is 10.7. The summed E-state index contributed by atoms with van der Waals surface area (Å²) >= 11 is 3.63. The number of fused-ring (bicyclic) bond motifs is 2. The fraction of sp³-hybridized carbons (Fsp3) is 0.278. The quantitative estimate of drug-likeness (QED) is 0.602. The van der Waals surface area contributed by atoms with E-state index < -0.39 is 0 Å².